The number of rotatable bonds is 6. The van der Waals surface area contributed by atoms with Crippen LogP contribution in [0.1, 0.15) is 28.5 Å². The average Bonchev–Trinajstić information content (AvgIpc) is 3.21. The molecule has 4 rings (SSSR count). The fourth-order valence-corrected chi connectivity index (χ4v) is 4.34. The zero-order valence-corrected chi connectivity index (χ0v) is 15.6. The van der Waals surface area contributed by atoms with E-state index in [1.165, 1.54) is 16.1 Å². The summed E-state index contributed by atoms with van der Waals surface area (Å²) in [5.74, 6) is 0.363. The van der Waals surface area contributed by atoms with Crippen LogP contribution in [0.3, 0.4) is 0 Å². The van der Waals surface area contributed by atoms with E-state index in [0.717, 1.165) is 32.7 Å². The van der Waals surface area contributed by atoms with E-state index in [0.29, 0.717) is 5.92 Å². The summed E-state index contributed by atoms with van der Waals surface area (Å²) in [7, 11) is 0. The van der Waals surface area contributed by atoms with E-state index in [-0.39, 0.29) is 6.10 Å². The van der Waals surface area contributed by atoms with E-state index in [9.17, 15) is 0 Å². The third-order valence-electron chi connectivity index (χ3n) is 4.97. The number of nitrogens with zero attached hydrogens (tertiary/aromatic N) is 2. The Balaban J connectivity index is 1.48. The highest BCUT2D eigenvalue weighted by atomic mass is 32.1. The molecule has 1 fully saturated rings. The first-order chi connectivity index (χ1) is 12.9. The van der Waals surface area contributed by atoms with Crippen LogP contribution in [0.15, 0.2) is 72.2 Å². The Morgan fingerprint density at radius 3 is 2.35 bits per heavy atom. The summed E-state index contributed by atoms with van der Waals surface area (Å²) in [6.45, 7) is 3.68. The van der Waals surface area contributed by atoms with Gasteiger partial charge in [0.25, 0.3) is 0 Å². The number of morpholine rings is 1. The van der Waals surface area contributed by atoms with E-state index < -0.39 is 0 Å². The van der Waals surface area contributed by atoms with Gasteiger partial charge < -0.3 is 4.74 Å². The maximum absolute atomic E-state index is 6.14. The predicted octanol–water partition coefficient (Wildman–Crippen LogP) is 4.57. The van der Waals surface area contributed by atoms with Crippen LogP contribution in [0.25, 0.3) is 0 Å². The lowest BCUT2D eigenvalue weighted by molar-refractivity contribution is -0.0364. The van der Waals surface area contributed by atoms with Crippen molar-refractivity contribution in [2.45, 2.75) is 25.0 Å². The zero-order valence-electron chi connectivity index (χ0n) is 14.8. The highest BCUT2D eigenvalue weighted by Gasteiger charge is 2.25. The van der Waals surface area contributed by atoms with Gasteiger partial charge in [0, 0.05) is 30.6 Å². The van der Waals surface area contributed by atoms with Crippen molar-refractivity contribution in [3.8, 4) is 0 Å². The highest BCUT2D eigenvalue weighted by Crippen LogP contribution is 2.31. The van der Waals surface area contributed by atoms with E-state index in [2.05, 4.69) is 70.5 Å². The van der Waals surface area contributed by atoms with Crippen molar-refractivity contribution >= 4 is 11.3 Å². The Hall–Kier alpha value is -2.01. The van der Waals surface area contributed by atoms with Gasteiger partial charge in [-0.05, 0) is 17.5 Å². The van der Waals surface area contributed by atoms with Gasteiger partial charge in [0.2, 0.25) is 0 Å². The number of thiazole rings is 1. The molecule has 1 aromatic heterocycles. The number of hydrogen-bond donors (Lipinski definition) is 0. The van der Waals surface area contributed by atoms with Crippen LogP contribution < -0.4 is 0 Å². The van der Waals surface area contributed by atoms with Gasteiger partial charge >= 0.3 is 0 Å². The molecule has 0 radical (unpaired) electrons. The van der Waals surface area contributed by atoms with Gasteiger partial charge in [-0.3, -0.25) is 4.90 Å². The molecular weight excluding hydrogens is 340 g/mol. The molecule has 1 aliphatic rings. The standard InChI is InChI=1S/C22H24N2OS/c1-3-7-18(8-4-1)21(19-9-5-2-6-10-19)15-20-16-24(12-13-25-20)17-22-23-11-14-26-22/h1-11,14,20-21H,12-13,15-17H2/t20-/m0/s1. The first-order valence-electron chi connectivity index (χ1n) is 9.21. The minimum atomic E-state index is 0.245. The number of benzene rings is 2. The van der Waals surface area contributed by atoms with Gasteiger partial charge in [0.1, 0.15) is 5.01 Å². The topological polar surface area (TPSA) is 25.4 Å². The molecule has 0 N–H and O–H groups in total. The lowest BCUT2D eigenvalue weighted by atomic mass is 9.86. The minimum Gasteiger partial charge on any atom is -0.376 e. The molecule has 0 bridgehead atoms. The molecule has 3 aromatic rings. The fraction of sp³-hybridized carbons (Fsp3) is 0.318. The predicted molar refractivity (Wildman–Crippen MR) is 106 cm³/mol. The molecule has 1 saturated heterocycles. The van der Waals surface area contributed by atoms with Gasteiger partial charge in [-0.15, -0.1) is 11.3 Å². The Bertz CT molecular complexity index is 737. The Morgan fingerprint density at radius 2 is 1.73 bits per heavy atom. The Labute approximate surface area is 159 Å². The molecule has 0 amide bonds. The van der Waals surface area contributed by atoms with Crippen LogP contribution in [0, 0.1) is 0 Å². The maximum Gasteiger partial charge on any atom is 0.107 e. The lowest BCUT2D eigenvalue weighted by Gasteiger charge is -2.34. The molecule has 1 aliphatic heterocycles. The Kier molecular flexibility index (Phi) is 5.75. The molecule has 0 unspecified atom stereocenters. The zero-order chi connectivity index (χ0) is 17.6. The lowest BCUT2D eigenvalue weighted by Crippen LogP contribution is -2.42. The van der Waals surface area contributed by atoms with Crippen molar-refractivity contribution in [3.05, 3.63) is 88.4 Å². The summed E-state index contributed by atoms with van der Waals surface area (Å²) in [6, 6.07) is 21.6. The van der Waals surface area contributed by atoms with E-state index >= 15 is 0 Å². The summed E-state index contributed by atoms with van der Waals surface area (Å²) in [4.78, 5) is 6.90. The first-order valence-corrected chi connectivity index (χ1v) is 10.1. The van der Waals surface area contributed by atoms with Crippen molar-refractivity contribution in [1.29, 1.82) is 0 Å². The molecule has 3 nitrogen and oxygen atoms in total. The summed E-state index contributed by atoms with van der Waals surface area (Å²) < 4.78 is 6.14. The van der Waals surface area contributed by atoms with Crippen molar-refractivity contribution in [2.75, 3.05) is 19.7 Å². The smallest absolute Gasteiger partial charge is 0.107 e. The van der Waals surface area contributed by atoms with Crippen LogP contribution in [0.2, 0.25) is 0 Å². The third kappa shape index (κ3) is 4.39. The molecule has 0 saturated carbocycles. The molecule has 2 aromatic carbocycles. The van der Waals surface area contributed by atoms with E-state index in [1.54, 1.807) is 11.3 Å². The summed E-state index contributed by atoms with van der Waals surface area (Å²) in [5, 5.41) is 3.24. The molecule has 0 aliphatic carbocycles. The van der Waals surface area contributed by atoms with Crippen LogP contribution in [0.5, 0.6) is 0 Å². The second kappa shape index (κ2) is 8.58. The van der Waals surface area contributed by atoms with Crippen LogP contribution >= 0.6 is 11.3 Å². The normalized spacial score (nSPS) is 18.3. The average molecular weight is 365 g/mol. The molecule has 134 valence electrons. The van der Waals surface area contributed by atoms with Gasteiger partial charge in [-0.25, -0.2) is 4.98 Å². The second-order valence-corrected chi connectivity index (χ2v) is 7.74. The van der Waals surface area contributed by atoms with Crippen molar-refractivity contribution < 1.29 is 4.74 Å². The number of aromatic nitrogens is 1. The van der Waals surface area contributed by atoms with Crippen LogP contribution in [-0.2, 0) is 11.3 Å². The van der Waals surface area contributed by atoms with Gasteiger partial charge in [-0.2, -0.15) is 0 Å². The SMILES string of the molecule is c1ccc(C(C[C@H]2CN(Cc3nccs3)CCO2)c2ccccc2)cc1. The van der Waals surface area contributed by atoms with Gasteiger partial charge in [0.05, 0.1) is 19.3 Å². The molecular formula is C22H24N2OS. The largest absolute Gasteiger partial charge is 0.376 e. The summed E-state index contributed by atoms with van der Waals surface area (Å²) >= 11 is 1.73. The van der Waals surface area contributed by atoms with Crippen LogP contribution in [-0.4, -0.2) is 35.7 Å². The van der Waals surface area contributed by atoms with E-state index in [4.69, 9.17) is 4.74 Å². The third-order valence-corrected chi connectivity index (χ3v) is 5.73. The van der Waals surface area contributed by atoms with Gasteiger partial charge in [-0.1, -0.05) is 60.7 Å². The highest BCUT2D eigenvalue weighted by molar-refractivity contribution is 7.09. The van der Waals surface area contributed by atoms with Gasteiger partial charge in [0.15, 0.2) is 0 Å². The minimum absolute atomic E-state index is 0.245. The van der Waals surface area contributed by atoms with Crippen molar-refractivity contribution in [2.24, 2.45) is 0 Å². The van der Waals surface area contributed by atoms with E-state index in [1.807, 2.05) is 11.6 Å². The number of ether oxygens (including phenoxy) is 1. The van der Waals surface area contributed by atoms with Crippen molar-refractivity contribution in [1.82, 2.24) is 9.88 Å². The molecule has 2 heterocycles. The Morgan fingerprint density at radius 1 is 1.04 bits per heavy atom. The molecule has 0 spiro atoms. The quantitative estimate of drug-likeness (QED) is 0.641. The summed E-state index contributed by atoms with van der Waals surface area (Å²) in [6.07, 6.45) is 3.13. The summed E-state index contributed by atoms with van der Waals surface area (Å²) in [5.41, 5.74) is 2.72. The molecule has 1 atom stereocenters. The maximum atomic E-state index is 6.14. The fourth-order valence-electron chi connectivity index (χ4n) is 3.69. The van der Waals surface area contributed by atoms with Crippen molar-refractivity contribution in [3.63, 3.8) is 0 Å². The number of hydrogen-bond acceptors (Lipinski definition) is 4. The monoisotopic (exact) mass is 364 g/mol. The molecule has 4 heteroatoms. The second-order valence-electron chi connectivity index (χ2n) is 6.76. The molecule has 26 heavy (non-hydrogen) atoms. The first kappa shape index (κ1) is 17.4. The van der Waals surface area contributed by atoms with Crippen LogP contribution in [0.4, 0.5) is 0 Å².